The molecule has 0 saturated heterocycles. The van der Waals surface area contributed by atoms with Crippen LogP contribution in [0, 0.1) is 10.1 Å². The molecule has 0 spiro atoms. The van der Waals surface area contributed by atoms with E-state index >= 15 is 0 Å². The lowest BCUT2D eigenvalue weighted by molar-refractivity contribution is -0.384. The summed E-state index contributed by atoms with van der Waals surface area (Å²) in [6, 6.07) is 6.99. The molecule has 0 amide bonds. The Morgan fingerprint density at radius 2 is 2.06 bits per heavy atom. The largest absolute Gasteiger partial charge is 0.358 e. The molecule has 0 aliphatic rings. The van der Waals surface area contributed by atoms with E-state index in [2.05, 4.69) is 31.8 Å². The van der Waals surface area contributed by atoms with Crippen LogP contribution in [-0.2, 0) is 5.41 Å². The third-order valence-electron chi connectivity index (χ3n) is 3.43. The van der Waals surface area contributed by atoms with Gasteiger partial charge < -0.3 is 4.98 Å². The van der Waals surface area contributed by atoms with E-state index in [9.17, 15) is 10.1 Å². The van der Waals surface area contributed by atoms with Crippen molar-refractivity contribution in [3.8, 4) is 0 Å². The van der Waals surface area contributed by atoms with Gasteiger partial charge in [0.2, 0.25) is 0 Å². The Labute approximate surface area is 99.8 Å². The van der Waals surface area contributed by atoms with Gasteiger partial charge in [0.15, 0.2) is 0 Å². The smallest absolute Gasteiger partial charge is 0.271 e. The van der Waals surface area contributed by atoms with E-state index in [1.807, 2.05) is 0 Å². The van der Waals surface area contributed by atoms with Crippen LogP contribution in [0.25, 0.3) is 10.9 Å². The fraction of sp³-hybridized carbons (Fsp3) is 0.385. The Bertz CT molecular complexity index is 570. The van der Waals surface area contributed by atoms with Crippen molar-refractivity contribution in [2.45, 2.75) is 32.6 Å². The second kappa shape index (κ2) is 3.87. The molecule has 1 aromatic carbocycles. The highest BCUT2D eigenvalue weighted by atomic mass is 16.6. The Morgan fingerprint density at radius 3 is 2.65 bits per heavy atom. The molecule has 0 aliphatic carbocycles. The molecular formula is C13H16N2O2. The number of H-pyrrole nitrogens is 1. The molecule has 1 heterocycles. The van der Waals surface area contributed by atoms with Gasteiger partial charge in [0, 0.05) is 28.6 Å². The molecule has 0 unspecified atom stereocenters. The summed E-state index contributed by atoms with van der Waals surface area (Å²) >= 11 is 0. The zero-order chi connectivity index (χ0) is 12.6. The average molecular weight is 232 g/mol. The van der Waals surface area contributed by atoms with Crippen molar-refractivity contribution in [1.82, 2.24) is 4.98 Å². The van der Waals surface area contributed by atoms with Gasteiger partial charge in [-0.15, -0.1) is 0 Å². The van der Waals surface area contributed by atoms with E-state index in [0.29, 0.717) is 0 Å². The Morgan fingerprint density at radius 1 is 1.35 bits per heavy atom. The summed E-state index contributed by atoms with van der Waals surface area (Å²) in [5, 5.41) is 11.7. The SMILES string of the molecule is CCC(C)(C)c1cc2ccc([N+](=O)[O-])cc2[nH]1. The van der Waals surface area contributed by atoms with Gasteiger partial charge in [0.25, 0.3) is 5.69 Å². The van der Waals surface area contributed by atoms with Gasteiger partial charge in [-0.05, 0) is 18.6 Å². The molecule has 2 aromatic rings. The average Bonchev–Trinajstić information content (AvgIpc) is 2.72. The van der Waals surface area contributed by atoms with E-state index in [1.54, 1.807) is 18.2 Å². The monoisotopic (exact) mass is 232 g/mol. The fourth-order valence-corrected chi connectivity index (χ4v) is 1.78. The maximum Gasteiger partial charge on any atom is 0.271 e. The van der Waals surface area contributed by atoms with Crippen molar-refractivity contribution in [2.24, 2.45) is 0 Å². The van der Waals surface area contributed by atoms with Crippen LogP contribution in [0.1, 0.15) is 32.9 Å². The second-order valence-corrected chi connectivity index (χ2v) is 4.95. The Kier molecular flexibility index (Phi) is 2.65. The number of hydrogen-bond donors (Lipinski definition) is 1. The minimum absolute atomic E-state index is 0.0633. The Hall–Kier alpha value is -1.84. The first kappa shape index (κ1) is 11.6. The molecular weight excluding hydrogens is 216 g/mol. The molecule has 4 heteroatoms. The van der Waals surface area contributed by atoms with Crippen LogP contribution in [0.15, 0.2) is 24.3 Å². The van der Waals surface area contributed by atoms with Crippen LogP contribution in [0.4, 0.5) is 5.69 Å². The molecule has 2 rings (SSSR count). The highest BCUT2D eigenvalue weighted by molar-refractivity contribution is 5.82. The first-order chi connectivity index (χ1) is 7.94. The van der Waals surface area contributed by atoms with Gasteiger partial charge in [0.05, 0.1) is 10.4 Å². The van der Waals surface area contributed by atoms with E-state index < -0.39 is 0 Å². The quantitative estimate of drug-likeness (QED) is 0.647. The summed E-state index contributed by atoms with van der Waals surface area (Å²) in [7, 11) is 0. The van der Waals surface area contributed by atoms with Crippen molar-refractivity contribution in [1.29, 1.82) is 0 Å². The minimum atomic E-state index is -0.370. The van der Waals surface area contributed by atoms with Crippen molar-refractivity contribution < 1.29 is 4.92 Å². The Balaban J connectivity index is 2.54. The lowest BCUT2D eigenvalue weighted by Crippen LogP contribution is -2.15. The third kappa shape index (κ3) is 2.02. The minimum Gasteiger partial charge on any atom is -0.358 e. The third-order valence-corrected chi connectivity index (χ3v) is 3.43. The zero-order valence-corrected chi connectivity index (χ0v) is 10.3. The molecule has 0 saturated carbocycles. The number of non-ortho nitro benzene ring substituents is 1. The summed E-state index contributed by atoms with van der Waals surface area (Å²) in [4.78, 5) is 13.6. The number of nitrogens with zero attached hydrogens (tertiary/aromatic N) is 1. The predicted molar refractivity (Wildman–Crippen MR) is 68.3 cm³/mol. The van der Waals surface area contributed by atoms with E-state index in [0.717, 1.165) is 23.0 Å². The number of rotatable bonds is 3. The molecule has 0 radical (unpaired) electrons. The lowest BCUT2D eigenvalue weighted by atomic mass is 9.86. The molecule has 90 valence electrons. The normalized spacial score (nSPS) is 11.9. The standard InChI is InChI=1S/C13H16N2O2/c1-4-13(2,3)12-7-9-5-6-10(15(16)17)8-11(9)14-12/h5-8,14H,4H2,1-3H3. The number of nitro benzene ring substituents is 1. The highest BCUT2D eigenvalue weighted by Crippen LogP contribution is 2.30. The summed E-state index contributed by atoms with van der Waals surface area (Å²) < 4.78 is 0. The maximum atomic E-state index is 10.7. The predicted octanol–water partition coefficient (Wildman–Crippen LogP) is 3.76. The molecule has 1 aromatic heterocycles. The number of fused-ring (bicyclic) bond motifs is 1. The van der Waals surface area contributed by atoms with E-state index in [4.69, 9.17) is 0 Å². The number of hydrogen-bond acceptors (Lipinski definition) is 2. The summed E-state index contributed by atoms with van der Waals surface area (Å²) in [6.45, 7) is 6.45. The van der Waals surface area contributed by atoms with Crippen LogP contribution in [0.5, 0.6) is 0 Å². The first-order valence-corrected chi connectivity index (χ1v) is 5.71. The number of aromatic nitrogens is 1. The molecule has 1 N–H and O–H groups in total. The van der Waals surface area contributed by atoms with Crippen LogP contribution >= 0.6 is 0 Å². The highest BCUT2D eigenvalue weighted by Gasteiger charge is 2.20. The molecule has 4 nitrogen and oxygen atoms in total. The topological polar surface area (TPSA) is 58.9 Å². The van der Waals surface area contributed by atoms with Gasteiger partial charge in [-0.25, -0.2) is 0 Å². The van der Waals surface area contributed by atoms with Crippen LogP contribution in [-0.4, -0.2) is 9.91 Å². The van der Waals surface area contributed by atoms with Gasteiger partial charge in [-0.1, -0.05) is 20.8 Å². The summed E-state index contributed by atoms with van der Waals surface area (Å²) in [5.74, 6) is 0. The number of aromatic amines is 1. The van der Waals surface area contributed by atoms with Gasteiger partial charge in [-0.2, -0.15) is 0 Å². The molecule has 0 aliphatic heterocycles. The van der Waals surface area contributed by atoms with Crippen molar-refractivity contribution in [3.63, 3.8) is 0 Å². The molecule has 0 fully saturated rings. The van der Waals surface area contributed by atoms with Crippen molar-refractivity contribution in [2.75, 3.05) is 0 Å². The van der Waals surface area contributed by atoms with E-state index in [1.165, 1.54) is 0 Å². The van der Waals surface area contributed by atoms with Gasteiger partial charge >= 0.3 is 0 Å². The zero-order valence-electron chi connectivity index (χ0n) is 10.3. The number of nitrogens with one attached hydrogen (secondary N) is 1. The van der Waals surface area contributed by atoms with Crippen LogP contribution < -0.4 is 0 Å². The second-order valence-electron chi connectivity index (χ2n) is 4.95. The maximum absolute atomic E-state index is 10.7. The van der Waals surface area contributed by atoms with Crippen molar-refractivity contribution in [3.05, 3.63) is 40.1 Å². The number of benzene rings is 1. The van der Waals surface area contributed by atoms with E-state index in [-0.39, 0.29) is 16.0 Å². The number of nitro groups is 1. The molecule has 0 atom stereocenters. The fourth-order valence-electron chi connectivity index (χ4n) is 1.78. The van der Waals surface area contributed by atoms with Crippen LogP contribution in [0.3, 0.4) is 0 Å². The molecule has 17 heavy (non-hydrogen) atoms. The summed E-state index contributed by atoms with van der Waals surface area (Å²) in [6.07, 6.45) is 1.02. The molecule has 0 bridgehead atoms. The van der Waals surface area contributed by atoms with Gasteiger partial charge in [-0.3, -0.25) is 10.1 Å². The first-order valence-electron chi connectivity index (χ1n) is 5.71. The lowest BCUT2D eigenvalue weighted by Gasteiger charge is -2.20. The van der Waals surface area contributed by atoms with Gasteiger partial charge in [0.1, 0.15) is 0 Å². The summed E-state index contributed by atoms with van der Waals surface area (Å²) in [5.41, 5.74) is 2.14. The van der Waals surface area contributed by atoms with Crippen LogP contribution in [0.2, 0.25) is 0 Å². The van der Waals surface area contributed by atoms with Crippen molar-refractivity contribution >= 4 is 16.6 Å².